The lowest BCUT2D eigenvalue weighted by Crippen LogP contribution is -2.45. The highest BCUT2D eigenvalue weighted by Gasteiger charge is 2.30. The number of hydrogen-bond donors (Lipinski definition) is 2. The van der Waals surface area contributed by atoms with Gasteiger partial charge in [0.25, 0.3) is 0 Å². The first-order chi connectivity index (χ1) is 9.32. The van der Waals surface area contributed by atoms with Gasteiger partial charge in [-0.3, -0.25) is 0 Å². The van der Waals surface area contributed by atoms with Gasteiger partial charge in [0.15, 0.2) is 0 Å². The van der Waals surface area contributed by atoms with E-state index in [9.17, 15) is 13.5 Å². The molecule has 120 valence electrons. The van der Waals surface area contributed by atoms with E-state index in [0.717, 1.165) is 6.42 Å². The number of rotatable bonds is 5. The van der Waals surface area contributed by atoms with E-state index in [1.807, 2.05) is 13.8 Å². The molecule has 0 aliphatic carbocycles. The second-order valence-corrected chi connectivity index (χ2v) is 9.15. The number of nitrogens with one attached hydrogen (secondary N) is 1. The van der Waals surface area contributed by atoms with Crippen LogP contribution >= 0.6 is 0 Å². The molecule has 5 heteroatoms. The molecule has 0 aliphatic heterocycles. The van der Waals surface area contributed by atoms with Crippen LogP contribution in [0.2, 0.25) is 0 Å². The van der Waals surface area contributed by atoms with Crippen LogP contribution in [0.3, 0.4) is 0 Å². The van der Waals surface area contributed by atoms with E-state index in [0.29, 0.717) is 5.56 Å². The molecule has 1 aromatic carbocycles. The van der Waals surface area contributed by atoms with Crippen LogP contribution in [0.25, 0.3) is 0 Å². The van der Waals surface area contributed by atoms with Gasteiger partial charge in [0.2, 0.25) is 10.0 Å². The second kappa shape index (κ2) is 6.07. The Hall–Kier alpha value is -0.910. The average molecular weight is 313 g/mol. The Morgan fingerprint density at radius 1 is 1.10 bits per heavy atom. The zero-order chi connectivity index (χ0) is 16.5. The van der Waals surface area contributed by atoms with Gasteiger partial charge >= 0.3 is 0 Å². The van der Waals surface area contributed by atoms with Gasteiger partial charge in [-0.2, -0.15) is 0 Å². The highest BCUT2D eigenvalue weighted by atomic mass is 32.2. The lowest BCUT2D eigenvalue weighted by Gasteiger charge is -2.33. The Bertz CT molecular complexity index is 567. The third-order valence-corrected chi connectivity index (χ3v) is 4.77. The minimum absolute atomic E-state index is 0.0300. The van der Waals surface area contributed by atoms with Gasteiger partial charge in [-0.1, -0.05) is 32.9 Å². The van der Waals surface area contributed by atoms with Gasteiger partial charge in [0, 0.05) is 5.54 Å². The normalized spacial score (nSPS) is 15.0. The lowest BCUT2D eigenvalue weighted by molar-refractivity contribution is 0.199. The molecule has 0 fully saturated rings. The third kappa shape index (κ3) is 5.77. The molecule has 0 radical (unpaired) electrons. The van der Waals surface area contributed by atoms with Crippen LogP contribution in [0.4, 0.5) is 0 Å². The molecule has 0 heterocycles. The molecule has 0 amide bonds. The van der Waals surface area contributed by atoms with Crippen molar-refractivity contribution < 1.29 is 13.5 Å². The van der Waals surface area contributed by atoms with Crippen molar-refractivity contribution in [3.8, 4) is 0 Å². The Morgan fingerprint density at radius 3 is 1.95 bits per heavy atom. The van der Waals surface area contributed by atoms with Crippen molar-refractivity contribution in [3.05, 3.63) is 29.8 Å². The topological polar surface area (TPSA) is 66.4 Å². The fourth-order valence-corrected chi connectivity index (χ4v) is 4.12. The molecule has 0 saturated heterocycles. The van der Waals surface area contributed by atoms with Crippen LogP contribution in [0.5, 0.6) is 0 Å². The van der Waals surface area contributed by atoms with Crippen LogP contribution in [0, 0.1) is 5.41 Å². The predicted molar refractivity (Wildman–Crippen MR) is 85.5 cm³/mol. The summed E-state index contributed by atoms with van der Waals surface area (Å²) in [6.07, 6.45) is 0.123. The van der Waals surface area contributed by atoms with Crippen LogP contribution in [-0.4, -0.2) is 19.1 Å². The summed E-state index contributed by atoms with van der Waals surface area (Å²) in [7, 11) is -3.56. The molecule has 1 rings (SSSR count). The fraction of sp³-hybridized carbons (Fsp3) is 0.625. The first-order valence-electron chi connectivity index (χ1n) is 7.14. The summed E-state index contributed by atoms with van der Waals surface area (Å²) >= 11 is 0. The summed E-state index contributed by atoms with van der Waals surface area (Å²) in [6, 6.07) is 6.32. The molecule has 0 aromatic heterocycles. The number of sulfonamides is 1. The van der Waals surface area contributed by atoms with Crippen LogP contribution in [0.15, 0.2) is 29.2 Å². The fourth-order valence-electron chi connectivity index (χ4n) is 2.71. The van der Waals surface area contributed by atoms with E-state index in [1.165, 1.54) is 12.1 Å². The van der Waals surface area contributed by atoms with Gasteiger partial charge < -0.3 is 5.11 Å². The standard InChI is InChI=1S/C16H27NO3S/c1-12(18)13-7-9-14(10-8-13)21(19,20)17-16(5,6)11-15(2,3)4/h7-10,12,17-18H,11H2,1-6H3. The first kappa shape index (κ1) is 18.1. The van der Waals surface area contributed by atoms with Crippen molar-refractivity contribution in [1.82, 2.24) is 4.72 Å². The number of hydrogen-bond acceptors (Lipinski definition) is 3. The van der Waals surface area contributed by atoms with Crippen molar-refractivity contribution in [1.29, 1.82) is 0 Å². The molecule has 0 aliphatic rings. The zero-order valence-electron chi connectivity index (χ0n) is 13.8. The summed E-state index contributed by atoms with van der Waals surface area (Å²) in [6.45, 7) is 11.7. The van der Waals surface area contributed by atoms with Crippen molar-refractivity contribution in [2.45, 2.75) is 64.5 Å². The Balaban J connectivity index is 2.96. The molecule has 21 heavy (non-hydrogen) atoms. The van der Waals surface area contributed by atoms with Crippen LogP contribution in [-0.2, 0) is 10.0 Å². The van der Waals surface area contributed by atoms with Crippen molar-refractivity contribution in [2.24, 2.45) is 5.41 Å². The summed E-state index contributed by atoms with van der Waals surface area (Å²) < 4.78 is 27.6. The Morgan fingerprint density at radius 2 is 1.57 bits per heavy atom. The number of aliphatic hydroxyl groups is 1. The molecule has 0 bridgehead atoms. The predicted octanol–water partition coefficient (Wildman–Crippen LogP) is 3.23. The van der Waals surface area contributed by atoms with Gasteiger partial charge in [-0.05, 0) is 50.3 Å². The Labute approximate surface area is 128 Å². The summed E-state index contributed by atoms with van der Waals surface area (Å²) in [4.78, 5) is 0.217. The van der Waals surface area contributed by atoms with Crippen LogP contribution < -0.4 is 4.72 Å². The second-order valence-electron chi connectivity index (χ2n) is 7.47. The SMILES string of the molecule is CC(O)c1ccc(S(=O)(=O)NC(C)(C)CC(C)(C)C)cc1. The highest BCUT2D eigenvalue weighted by Crippen LogP contribution is 2.28. The minimum Gasteiger partial charge on any atom is -0.389 e. The van der Waals surface area contributed by atoms with Crippen molar-refractivity contribution in [3.63, 3.8) is 0 Å². The molecule has 4 nitrogen and oxygen atoms in total. The molecule has 1 aromatic rings. The maximum absolute atomic E-state index is 12.4. The molecular formula is C16H27NO3S. The number of benzene rings is 1. The number of aliphatic hydroxyl groups excluding tert-OH is 1. The summed E-state index contributed by atoms with van der Waals surface area (Å²) in [5.74, 6) is 0. The van der Waals surface area contributed by atoms with Gasteiger partial charge in [-0.25, -0.2) is 13.1 Å². The largest absolute Gasteiger partial charge is 0.389 e. The van der Waals surface area contributed by atoms with Crippen molar-refractivity contribution in [2.75, 3.05) is 0 Å². The van der Waals surface area contributed by atoms with Crippen LogP contribution in [0.1, 0.15) is 59.6 Å². The summed E-state index contributed by atoms with van der Waals surface area (Å²) in [5, 5.41) is 9.47. The van der Waals surface area contributed by atoms with Gasteiger partial charge in [0.1, 0.15) is 0 Å². The molecule has 0 saturated carbocycles. The maximum atomic E-state index is 12.4. The van der Waals surface area contributed by atoms with Crippen molar-refractivity contribution >= 4 is 10.0 Å². The van der Waals surface area contributed by atoms with E-state index in [2.05, 4.69) is 25.5 Å². The van der Waals surface area contributed by atoms with E-state index in [4.69, 9.17) is 0 Å². The van der Waals surface area contributed by atoms with Gasteiger partial charge in [0.05, 0.1) is 11.0 Å². The maximum Gasteiger partial charge on any atom is 0.241 e. The van der Waals surface area contributed by atoms with E-state index in [1.54, 1.807) is 19.1 Å². The smallest absolute Gasteiger partial charge is 0.241 e. The summed E-state index contributed by atoms with van der Waals surface area (Å²) in [5.41, 5.74) is 0.199. The quantitative estimate of drug-likeness (QED) is 0.877. The van der Waals surface area contributed by atoms with E-state index >= 15 is 0 Å². The van der Waals surface area contributed by atoms with E-state index < -0.39 is 21.7 Å². The molecule has 0 spiro atoms. The third-order valence-electron chi connectivity index (χ3n) is 3.06. The average Bonchev–Trinajstić information content (AvgIpc) is 2.24. The monoisotopic (exact) mass is 313 g/mol. The minimum atomic E-state index is -3.56. The molecule has 1 atom stereocenters. The zero-order valence-corrected chi connectivity index (χ0v) is 14.6. The van der Waals surface area contributed by atoms with Gasteiger partial charge in [-0.15, -0.1) is 0 Å². The lowest BCUT2D eigenvalue weighted by atomic mass is 9.82. The Kier molecular flexibility index (Phi) is 5.24. The highest BCUT2D eigenvalue weighted by molar-refractivity contribution is 7.89. The molecular weight excluding hydrogens is 286 g/mol. The molecule has 1 unspecified atom stereocenters. The first-order valence-corrected chi connectivity index (χ1v) is 8.63. The molecule has 2 N–H and O–H groups in total. The van der Waals surface area contributed by atoms with E-state index in [-0.39, 0.29) is 10.3 Å².